The number of nitro benzene ring substituents is 2. The molecule has 0 fully saturated rings. The van der Waals surface area contributed by atoms with Crippen molar-refractivity contribution in [2.75, 3.05) is 0 Å². The predicted octanol–water partition coefficient (Wildman–Crippen LogP) is 4.00. The van der Waals surface area contributed by atoms with E-state index in [1.54, 1.807) is 24.3 Å². The number of furan rings is 1. The molecule has 0 bridgehead atoms. The fraction of sp³-hybridized carbons (Fsp3) is 0.100. The number of benzene rings is 2. The van der Waals surface area contributed by atoms with Crippen LogP contribution in [0.2, 0.25) is 0 Å². The van der Waals surface area contributed by atoms with Crippen molar-refractivity contribution < 1.29 is 23.8 Å². The number of nitrogens with zero attached hydrogens (tertiary/aromatic N) is 4. The number of nitro groups is 2. The lowest BCUT2D eigenvalue weighted by Gasteiger charge is -2.16. The molecule has 0 saturated heterocycles. The molecule has 4 rings (SSSR count). The molecule has 0 saturated carbocycles. The van der Waals surface area contributed by atoms with Crippen molar-refractivity contribution in [3.63, 3.8) is 0 Å². The molecule has 1 atom stereocenters. The molecule has 11 heteroatoms. The summed E-state index contributed by atoms with van der Waals surface area (Å²) in [6.45, 7) is 1.29. The van der Waals surface area contributed by atoms with Crippen molar-refractivity contribution in [2.45, 2.75) is 13.2 Å². The van der Waals surface area contributed by atoms with Crippen LogP contribution < -0.4 is 0 Å². The van der Waals surface area contributed by atoms with Crippen LogP contribution in [-0.2, 0) is 9.53 Å². The molecule has 0 spiro atoms. The van der Waals surface area contributed by atoms with Crippen LogP contribution in [0.15, 0.2) is 70.2 Å². The molecule has 1 amide bonds. The Balaban J connectivity index is 1.64. The molecule has 0 aliphatic carbocycles. The summed E-state index contributed by atoms with van der Waals surface area (Å²) in [5.41, 5.74) is 0.572. The first-order valence-electron chi connectivity index (χ1n) is 8.98. The fourth-order valence-corrected chi connectivity index (χ4v) is 3.04. The zero-order valence-corrected chi connectivity index (χ0v) is 16.0. The Labute approximate surface area is 174 Å². The maximum atomic E-state index is 12.1. The zero-order chi connectivity index (χ0) is 22.1. The highest BCUT2D eigenvalue weighted by atomic mass is 16.6. The number of ether oxygens (including phenoxy) is 1. The van der Waals surface area contributed by atoms with Crippen LogP contribution in [0.4, 0.5) is 11.4 Å². The fourth-order valence-electron chi connectivity index (χ4n) is 3.04. The zero-order valence-electron chi connectivity index (χ0n) is 16.0. The molecule has 3 aromatic rings. The number of non-ortho nitro benzene ring substituents is 2. The molecular formula is C20H14N4O7. The first-order valence-corrected chi connectivity index (χ1v) is 8.98. The molecule has 1 aliphatic rings. The number of hydrogen-bond acceptors (Lipinski definition) is 8. The summed E-state index contributed by atoms with van der Waals surface area (Å²) in [4.78, 5) is 33.1. The molecule has 0 N–H and O–H groups in total. The summed E-state index contributed by atoms with van der Waals surface area (Å²) < 4.78 is 11.6. The lowest BCUT2D eigenvalue weighted by molar-refractivity contribution is -0.385. The molecule has 2 aromatic carbocycles. The van der Waals surface area contributed by atoms with E-state index >= 15 is 0 Å². The Hall–Kier alpha value is -4.54. The summed E-state index contributed by atoms with van der Waals surface area (Å²) in [5, 5.41) is 27.2. The first-order chi connectivity index (χ1) is 14.8. The van der Waals surface area contributed by atoms with E-state index in [0.29, 0.717) is 16.9 Å². The average molecular weight is 422 g/mol. The third kappa shape index (κ3) is 3.83. The van der Waals surface area contributed by atoms with Crippen LogP contribution in [0.5, 0.6) is 0 Å². The molecule has 1 unspecified atom stereocenters. The van der Waals surface area contributed by atoms with Gasteiger partial charge in [0.15, 0.2) is 5.76 Å². The standard InChI is InChI=1S/C20H14N4O7/c1-12(25)22-20(31-19(21-22)14-5-3-7-16(11-14)24(28)29)18-9-8-17(30-18)13-4-2-6-15(10-13)23(26)27/h2-11,20H,1H3. The Morgan fingerprint density at radius 1 is 0.968 bits per heavy atom. The van der Waals surface area contributed by atoms with Gasteiger partial charge in [-0.25, -0.2) is 0 Å². The second kappa shape index (κ2) is 7.71. The molecule has 11 nitrogen and oxygen atoms in total. The monoisotopic (exact) mass is 422 g/mol. The molecule has 156 valence electrons. The van der Waals surface area contributed by atoms with Gasteiger partial charge in [0, 0.05) is 42.3 Å². The smallest absolute Gasteiger partial charge is 0.270 e. The van der Waals surface area contributed by atoms with Gasteiger partial charge in [0.1, 0.15) is 5.76 Å². The van der Waals surface area contributed by atoms with Gasteiger partial charge in [-0.15, -0.1) is 5.10 Å². The average Bonchev–Trinajstić information content (AvgIpc) is 3.41. The van der Waals surface area contributed by atoms with Crippen LogP contribution in [0.3, 0.4) is 0 Å². The third-order valence-corrected chi connectivity index (χ3v) is 4.48. The molecule has 1 aliphatic heterocycles. The highest BCUT2D eigenvalue weighted by molar-refractivity contribution is 5.96. The minimum absolute atomic E-state index is 0.0252. The Bertz CT molecular complexity index is 1230. The van der Waals surface area contributed by atoms with E-state index in [2.05, 4.69) is 5.10 Å². The molecule has 0 radical (unpaired) electrons. The predicted molar refractivity (Wildman–Crippen MR) is 107 cm³/mol. The van der Waals surface area contributed by atoms with E-state index in [1.165, 1.54) is 43.3 Å². The van der Waals surface area contributed by atoms with E-state index in [9.17, 15) is 25.0 Å². The Kier molecular flexibility index (Phi) is 4.91. The summed E-state index contributed by atoms with van der Waals surface area (Å²) in [7, 11) is 0. The number of carbonyl (C=O) groups excluding carboxylic acids is 1. The number of hydrazone groups is 1. The van der Waals surface area contributed by atoms with Crippen molar-refractivity contribution in [1.29, 1.82) is 0 Å². The van der Waals surface area contributed by atoms with Crippen LogP contribution >= 0.6 is 0 Å². The van der Waals surface area contributed by atoms with Gasteiger partial charge in [-0.05, 0) is 18.2 Å². The molecule has 2 heterocycles. The number of amides is 1. The van der Waals surface area contributed by atoms with Gasteiger partial charge in [0.25, 0.3) is 17.6 Å². The van der Waals surface area contributed by atoms with Gasteiger partial charge < -0.3 is 9.15 Å². The highest BCUT2D eigenvalue weighted by Crippen LogP contribution is 2.34. The highest BCUT2D eigenvalue weighted by Gasteiger charge is 2.36. The maximum absolute atomic E-state index is 12.1. The van der Waals surface area contributed by atoms with Crippen molar-refractivity contribution in [3.8, 4) is 11.3 Å². The molecule has 31 heavy (non-hydrogen) atoms. The Morgan fingerprint density at radius 2 is 1.58 bits per heavy atom. The lowest BCUT2D eigenvalue weighted by atomic mass is 10.1. The molecule has 1 aromatic heterocycles. The van der Waals surface area contributed by atoms with Crippen molar-refractivity contribution in [3.05, 3.63) is 92.2 Å². The van der Waals surface area contributed by atoms with Gasteiger partial charge in [-0.1, -0.05) is 18.2 Å². The van der Waals surface area contributed by atoms with Crippen LogP contribution in [-0.4, -0.2) is 26.7 Å². The van der Waals surface area contributed by atoms with E-state index in [-0.39, 0.29) is 23.0 Å². The van der Waals surface area contributed by atoms with E-state index in [4.69, 9.17) is 9.15 Å². The number of hydrogen-bond donors (Lipinski definition) is 0. The summed E-state index contributed by atoms with van der Waals surface area (Å²) >= 11 is 0. The van der Waals surface area contributed by atoms with Crippen LogP contribution in [0.25, 0.3) is 11.3 Å². The van der Waals surface area contributed by atoms with Gasteiger partial charge in [-0.2, -0.15) is 5.01 Å². The van der Waals surface area contributed by atoms with E-state index in [1.807, 2.05) is 0 Å². The summed E-state index contributed by atoms with van der Waals surface area (Å²) in [5.74, 6) is 0.173. The lowest BCUT2D eigenvalue weighted by Crippen LogP contribution is -2.24. The number of carbonyl (C=O) groups is 1. The van der Waals surface area contributed by atoms with E-state index < -0.39 is 22.0 Å². The van der Waals surface area contributed by atoms with Crippen molar-refractivity contribution in [1.82, 2.24) is 5.01 Å². The molecular weight excluding hydrogens is 408 g/mol. The minimum atomic E-state index is -1.03. The van der Waals surface area contributed by atoms with Gasteiger partial charge in [0.2, 0.25) is 11.8 Å². The maximum Gasteiger partial charge on any atom is 0.270 e. The summed E-state index contributed by atoms with van der Waals surface area (Å²) in [6, 6.07) is 14.8. The number of rotatable bonds is 5. The van der Waals surface area contributed by atoms with Gasteiger partial charge in [-0.3, -0.25) is 25.0 Å². The minimum Gasteiger partial charge on any atom is -0.455 e. The quantitative estimate of drug-likeness (QED) is 0.447. The third-order valence-electron chi connectivity index (χ3n) is 4.48. The van der Waals surface area contributed by atoms with Crippen molar-refractivity contribution in [2.24, 2.45) is 5.10 Å². The van der Waals surface area contributed by atoms with Crippen LogP contribution in [0.1, 0.15) is 24.5 Å². The van der Waals surface area contributed by atoms with Gasteiger partial charge in [0.05, 0.1) is 9.85 Å². The normalized spacial score (nSPS) is 15.3. The topological polar surface area (TPSA) is 141 Å². The first kappa shape index (κ1) is 19.8. The Morgan fingerprint density at radius 3 is 2.19 bits per heavy atom. The van der Waals surface area contributed by atoms with Crippen LogP contribution in [0, 0.1) is 20.2 Å². The second-order valence-electron chi connectivity index (χ2n) is 6.56. The summed E-state index contributed by atoms with van der Waals surface area (Å²) in [6.07, 6.45) is -1.03. The van der Waals surface area contributed by atoms with Crippen molar-refractivity contribution >= 4 is 23.2 Å². The largest absolute Gasteiger partial charge is 0.455 e. The SMILES string of the molecule is CC(=O)N1N=C(c2cccc([N+](=O)[O-])c2)OC1c1ccc(-c2cccc([N+](=O)[O-])c2)o1. The van der Waals surface area contributed by atoms with Gasteiger partial charge >= 0.3 is 0 Å². The van der Waals surface area contributed by atoms with E-state index in [0.717, 1.165) is 5.01 Å². The second-order valence-corrected chi connectivity index (χ2v) is 6.56.